The first-order chi connectivity index (χ1) is 20.3. The third-order valence-corrected chi connectivity index (χ3v) is 7.86. The lowest BCUT2D eigenvalue weighted by Crippen LogP contribution is -2.23. The van der Waals surface area contributed by atoms with Crippen molar-refractivity contribution in [3.8, 4) is 5.75 Å². The van der Waals surface area contributed by atoms with Gasteiger partial charge in [0.25, 0.3) is 5.91 Å². The van der Waals surface area contributed by atoms with Crippen molar-refractivity contribution in [2.45, 2.75) is 72.8 Å². The minimum Gasteiger partial charge on any atom is -0.485 e. The number of imidazole rings is 1. The molecule has 0 saturated carbocycles. The number of carbonyl (C=O) groups excluding carboxylic acids is 2. The van der Waals surface area contributed by atoms with Crippen molar-refractivity contribution >= 4 is 22.8 Å². The fraction of sp³-hybridized carbons (Fsp3) is 0.400. The van der Waals surface area contributed by atoms with E-state index in [2.05, 4.69) is 54.3 Å². The molecule has 0 radical (unpaired) electrons. The summed E-state index contributed by atoms with van der Waals surface area (Å²) in [5.74, 6) is 2.07. The number of rotatable bonds is 10. The van der Waals surface area contributed by atoms with Crippen molar-refractivity contribution in [3.63, 3.8) is 0 Å². The van der Waals surface area contributed by atoms with E-state index >= 15 is 0 Å². The molecule has 1 fully saturated rings. The lowest BCUT2D eigenvalue weighted by molar-refractivity contribution is -0.127. The molecule has 222 valence electrons. The number of hydrogen-bond acceptors (Lipinski definition) is 4. The average molecular weight is 569 g/mol. The largest absolute Gasteiger partial charge is 0.485 e. The molecule has 1 aliphatic heterocycles. The summed E-state index contributed by atoms with van der Waals surface area (Å²) in [7, 11) is 0. The Kier molecular flexibility index (Phi) is 10.8. The van der Waals surface area contributed by atoms with Crippen LogP contribution in [0.4, 0.5) is 0 Å². The maximum Gasteiger partial charge on any atom is 0.251 e. The summed E-state index contributed by atoms with van der Waals surface area (Å²) in [4.78, 5) is 33.2. The van der Waals surface area contributed by atoms with Gasteiger partial charge in [-0.2, -0.15) is 0 Å². The van der Waals surface area contributed by atoms with Gasteiger partial charge in [0.05, 0.1) is 11.0 Å². The molecule has 0 aliphatic carbocycles. The molecular weight excluding hydrogens is 524 g/mol. The van der Waals surface area contributed by atoms with Crippen molar-refractivity contribution in [2.75, 3.05) is 19.6 Å². The van der Waals surface area contributed by atoms with E-state index in [0.29, 0.717) is 24.6 Å². The van der Waals surface area contributed by atoms with E-state index < -0.39 is 0 Å². The normalized spacial score (nSPS) is 13.5. The molecule has 2 heterocycles. The highest BCUT2D eigenvalue weighted by atomic mass is 16.5. The molecule has 7 heteroatoms. The maximum absolute atomic E-state index is 12.6. The summed E-state index contributed by atoms with van der Waals surface area (Å²) in [5.41, 5.74) is 7.52. The standard InChI is InChI=1S/C29H33N3O2.C6H11NO/c1-5-21(16-22-12-11-19(3)15-20(22)4)24-17-23(29(33)30-6-2)13-14-27(24)34-18-28-31-25-9-7-8-10-26(25)32-28;1-2-7-5-3-4-6(7)8/h7-15,17,21H,5-6,16,18H2,1-4H3,(H,30,33)(H,31,32);2-5H2,1H3. The summed E-state index contributed by atoms with van der Waals surface area (Å²) in [6.45, 7) is 13.2. The Morgan fingerprint density at radius 1 is 1.07 bits per heavy atom. The Bertz CT molecular complexity index is 1480. The zero-order chi connectivity index (χ0) is 30.1. The van der Waals surface area contributed by atoms with Crippen molar-refractivity contribution < 1.29 is 14.3 Å². The monoisotopic (exact) mass is 568 g/mol. The van der Waals surface area contributed by atoms with Crippen molar-refractivity contribution in [1.29, 1.82) is 0 Å². The van der Waals surface area contributed by atoms with E-state index in [9.17, 15) is 9.59 Å². The number of aromatic nitrogens is 2. The predicted octanol–water partition coefficient (Wildman–Crippen LogP) is 6.87. The molecule has 1 aromatic heterocycles. The first kappa shape index (κ1) is 30.8. The van der Waals surface area contributed by atoms with Gasteiger partial charge >= 0.3 is 0 Å². The van der Waals surface area contributed by atoms with Gasteiger partial charge in [-0.25, -0.2) is 4.98 Å². The summed E-state index contributed by atoms with van der Waals surface area (Å²) < 4.78 is 6.29. The van der Waals surface area contributed by atoms with Crippen LogP contribution in [-0.4, -0.2) is 46.3 Å². The number of aromatic amines is 1. The van der Waals surface area contributed by atoms with E-state index in [1.807, 2.05) is 61.2 Å². The molecule has 3 aromatic carbocycles. The summed E-state index contributed by atoms with van der Waals surface area (Å²) >= 11 is 0. The van der Waals surface area contributed by atoms with Crippen LogP contribution in [-0.2, 0) is 17.8 Å². The van der Waals surface area contributed by atoms with Crippen LogP contribution in [0.3, 0.4) is 0 Å². The summed E-state index contributed by atoms with van der Waals surface area (Å²) in [5, 5.41) is 2.91. The van der Waals surface area contributed by atoms with Gasteiger partial charge in [0, 0.05) is 31.6 Å². The maximum atomic E-state index is 12.6. The third-order valence-electron chi connectivity index (χ3n) is 7.86. The minimum atomic E-state index is -0.0612. The number of nitrogens with zero attached hydrogens (tertiary/aromatic N) is 2. The summed E-state index contributed by atoms with van der Waals surface area (Å²) in [6, 6.07) is 20.3. The second kappa shape index (κ2) is 14.7. The van der Waals surface area contributed by atoms with Crippen LogP contribution in [0.2, 0.25) is 0 Å². The number of hydrogen-bond donors (Lipinski definition) is 2. The molecule has 4 aromatic rings. The highest BCUT2D eigenvalue weighted by Gasteiger charge is 2.20. The SMILES string of the molecule is CCN1CCCC1=O.CCNC(=O)c1ccc(OCc2nc3ccccc3[nH]2)c(C(CC)Cc2ccc(C)cc2C)c1. The Morgan fingerprint density at radius 3 is 2.52 bits per heavy atom. The van der Waals surface area contributed by atoms with Gasteiger partial charge in [-0.05, 0) is 99.9 Å². The number of para-hydroxylation sites is 2. The highest BCUT2D eigenvalue weighted by molar-refractivity contribution is 5.94. The fourth-order valence-corrected chi connectivity index (χ4v) is 5.48. The van der Waals surface area contributed by atoms with Gasteiger partial charge in [0.15, 0.2) is 0 Å². The van der Waals surface area contributed by atoms with Crippen LogP contribution in [0.15, 0.2) is 60.7 Å². The van der Waals surface area contributed by atoms with Crippen molar-refractivity contribution in [2.24, 2.45) is 0 Å². The minimum absolute atomic E-state index is 0.0612. The molecule has 5 rings (SSSR count). The van der Waals surface area contributed by atoms with E-state index in [1.165, 1.54) is 16.7 Å². The number of amides is 2. The smallest absolute Gasteiger partial charge is 0.251 e. The molecule has 7 nitrogen and oxygen atoms in total. The Labute approximate surface area is 249 Å². The second-order valence-corrected chi connectivity index (χ2v) is 10.9. The molecule has 0 bridgehead atoms. The first-order valence-corrected chi connectivity index (χ1v) is 15.1. The van der Waals surface area contributed by atoms with Crippen LogP contribution in [0.25, 0.3) is 11.0 Å². The number of benzene rings is 3. The van der Waals surface area contributed by atoms with Gasteiger partial charge in [0.2, 0.25) is 5.91 Å². The Balaban J connectivity index is 0.000000437. The highest BCUT2D eigenvalue weighted by Crippen LogP contribution is 2.34. The lowest BCUT2D eigenvalue weighted by atomic mass is 9.86. The second-order valence-electron chi connectivity index (χ2n) is 10.9. The zero-order valence-corrected chi connectivity index (χ0v) is 25.6. The van der Waals surface area contributed by atoms with Gasteiger partial charge < -0.3 is 19.9 Å². The predicted molar refractivity (Wildman–Crippen MR) is 169 cm³/mol. The molecule has 1 unspecified atom stereocenters. The van der Waals surface area contributed by atoms with Crippen molar-refractivity contribution in [3.05, 3.63) is 94.3 Å². The van der Waals surface area contributed by atoms with Crippen LogP contribution in [0, 0.1) is 13.8 Å². The van der Waals surface area contributed by atoms with Gasteiger partial charge in [-0.1, -0.05) is 42.8 Å². The van der Waals surface area contributed by atoms with E-state index in [4.69, 9.17) is 4.74 Å². The lowest BCUT2D eigenvalue weighted by Gasteiger charge is -2.21. The number of likely N-dealkylation sites (tertiary alicyclic amines) is 1. The first-order valence-electron chi connectivity index (χ1n) is 15.1. The molecule has 42 heavy (non-hydrogen) atoms. The van der Waals surface area contributed by atoms with Gasteiger partial charge in [-0.15, -0.1) is 0 Å². The van der Waals surface area contributed by atoms with Crippen LogP contribution >= 0.6 is 0 Å². The number of H-pyrrole nitrogens is 1. The number of ether oxygens (including phenoxy) is 1. The Hall–Kier alpha value is -4.13. The van der Waals surface area contributed by atoms with Gasteiger partial charge in [-0.3, -0.25) is 9.59 Å². The quantitative estimate of drug-likeness (QED) is 0.218. The van der Waals surface area contributed by atoms with Crippen molar-refractivity contribution in [1.82, 2.24) is 20.2 Å². The van der Waals surface area contributed by atoms with Crippen LogP contribution in [0.1, 0.15) is 84.4 Å². The molecular formula is C35H44N4O3. The van der Waals surface area contributed by atoms with Crippen LogP contribution in [0.5, 0.6) is 5.75 Å². The topological polar surface area (TPSA) is 87.3 Å². The number of nitrogens with one attached hydrogen (secondary N) is 2. The number of carbonyl (C=O) groups is 2. The number of aryl methyl sites for hydroxylation is 2. The zero-order valence-electron chi connectivity index (χ0n) is 25.6. The van der Waals surface area contributed by atoms with Crippen LogP contribution < -0.4 is 10.1 Å². The molecule has 1 atom stereocenters. The van der Waals surface area contributed by atoms with E-state index in [0.717, 1.165) is 66.9 Å². The molecule has 1 saturated heterocycles. The number of fused-ring (bicyclic) bond motifs is 1. The molecule has 2 N–H and O–H groups in total. The average Bonchev–Trinajstić information content (AvgIpc) is 3.61. The summed E-state index contributed by atoms with van der Waals surface area (Å²) in [6.07, 6.45) is 3.66. The van der Waals surface area contributed by atoms with E-state index in [1.54, 1.807) is 0 Å². The molecule has 2 amide bonds. The Morgan fingerprint density at radius 2 is 1.88 bits per heavy atom. The van der Waals surface area contributed by atoms with Gasteiger partial charge in [0.1, 0.15) is 18.2 Å². The molecule has 1 aliphatic rings. The fourth-order valence-electron chi connectivity index (χ4n) is 5.48. The van der Waals surface area contributed by atoms with E-state index in [-0.39, 0.29) is 11.8 Å². The molecule has 0 spiro atoms. The third kappa shape index (κ3) is 7.78.